The Bertz CT molecular complexity index is 969. The van der Waals surface area contributed by atoms with Gasteiger partial charge in [0, 0.05) is 23.3 Å². The van der Waals surface area contributed by atoms with Crippen molar-refractivity contribution >= 4 is 33.4 Å². The highest BCUT2D eigenvalue weighted by atomic mass is 32.1. The van der Waals surface area contributed by atoms with Crippen LogP contribution in [-0.2, 0) is 0 Å². The van der Waals surface area contributed by atoms with E-state index in [0.29, 0.717) is 24.5 Å². The Morgan fingerprint density at radius 2 is 2.19 bits per heavy atom. The average molecular weight is 383 g/mol. The zero-order valence-electron chi connectivity index (χ0n) is 15.1. The summed E-state index contributed by atoms with van der Waals surface area (Å²) in [6.07, 6.45) is 4.38. The number of anilines is 1. The van der Waals surface area contributed by atoms with Crippen LogP contribution in [0.4, 0.5) is 5.95 Å². The van der Waals surface area contributed by atoms with E-state index in [4.69, 9.17) is 0 Å². The van der Waals surface area contributed by atoms with Gasteiger partial charge in [0.25, 0.3) is 5.91 Å². The zero-order chi connectivity index (χ0) is 19.0. The first kappa shape index (κ1) is 17.8. The minimum Gasteiger partial charge on any atom is -0.393 e. The van der Waals surface area contributed by atoms with Crippen molar-refractivity contribution in [2.24, 2.45) is 0 Å². The van der Waals surface area contributed by atoms with E-state index in [1.807, 2.05) is 32.0 Å². The van der Waals surface area contributed by atoms with Crippen LogP contribution in [0, 0.1) is 6.92 Å². The van der Waals surface area contributed by atoms with Crippen LogP contribution < -0.4 is 10.6 Å². The molecule has 0 aromatic carbocycles. The average Bonchev–Trinajstić information content (AvgIpc) is 3.00. The summed E-state index contributed by atoms with van der Waals surface area (Å²) in [6, 6.07) is 5.78. The van der Waals surface area contributed by atoms with Gasteiger partial charge < -0.3 is 15.7 Å². The predicted octanol–water partition coefficient (Wildman–Crippen LogP) is 2.82. The summed E-state index contributed by atoms with van der Waals surface area (Å²) >= 11 is 1.51. The van der Waals surface area contributed by atoms with Crippen LogP contribution in [0.25, 0.3) is 10.2 Å². The lowest BCUT2D eigenvalue weighted by Crippen LogP contribution is -2.47. The van der Waals surface area contributed by atoms with Gasteiger partial charge in [-0.05, 0) is 44.4 Å². The molecule has 1 aliphatic carbocycles. The monoisotopic (exact) mass is 383 g/mol. The third-order valence-corrected chi connectivity index (χ3v) is 5.73. The van der Waals surface area contributed by atoms with Gasteiger partial charge in [-0.15, -0.1) is 11.3 Å². The summed E-state index contributed by atoms with van der Waals surface area (Å²) in [5.41, 5.74) is 2.14. The SMILES string of the molecule is Cc1cc2nc(N[C@@H](C)c3cccnc3)nc(C(=O)N[C@H]3C[C@@H](O)C3)c2s1. The summed E-state index contributed by atoms with van der Waals surface area (Å²) in [6.45, 7) is 3.99. The Hall–Kier alpha value is -2.58. The van der Waals surface area contributed by atoms with Gasteiger partial charge in [-0.3, -0.25) is 9.78 Å². The maximum absolute atomic E-state index is 12.8. The van der Waals surface area contributed by atoms with Crippen molar-refractivity contribution in [1.82, 2.24) is 20.3 Å². The number of carbonyl (C=O) groups excluding carboxylic acids is 1. The number of aryl methyl sites for hydroxylation is 1. The van der Waals surface area contributed by atoms with E-state index in [2.05, 4.69) is 25.6 Å². The number of thiophene rings is 1. The number of amides is 1. The highest BCUT2D eigenvalue weighted by Crippen LogP contribution is 2.29. The molecule has 0 unspecified atom stereocenters. The van der Waals surface area contributed by atoms with Crippen LogP contribution in [0.3, 0.4) is 0 Å². The third kappa shape index (κ3) is 3.77. The van der Waals surface area contributed by atoms with Crippen LogP contribution >= 0.6 is 11.3 Å². The topological polar surface area (TPSA) is 100 Å². The molecule has 1 fully saturated rings. The lowest BCUT2D eigenvalue weighted by molar-refractivity contribution is 0.0561. The molecule has 0 aliphatic heterocycles. The first-order chi connectivity index (χ1) is 13.0. The second kappa shape index (κ2) is 7.21. The molecule has 0 saturated heterocycles. The largest absolute Gasteiger partial charge is 0.393 e. The summed E-state index contributed by atoms with van der Waals surface area (Å²) in [5, 5.41) is 15.7. The number of aliphatic hydroxyl groups excluding tert-OH is 1. The van der Waals surface area contributed by atoms with Crippen LogP contribution in [0.5, 0.6) is 0 Å². The number of hydrogen-bond acceptors (Lipinski definition) is 7. The first-order valence-corrected chi connectivity index (χ1v) is 9.75. The highest BCUT2D eigenvalue weighted by molar-refractivity contribution is 7.19. The highest BCUT2D eigenvalue weighted by Gasteiger charge is 2.30. The number of rotatable bonds is 5. The lowest BCUT2D eigenvalue weighted by atomic mass is 9.89. The van der Waals surface area contributed by atoms with Crippen molar-refractivity contribution in [2.75, 3.05) is 5.32 Å². The predicted molar refractivity (Wildman–Crippen MR) is 105 cm³/mol. The maximum Gasteiger partial charge on any atom is 0.271 e. The molecule has 3 N–H and O–H groups in total. The molecule has 0 radical (unpaired) electrons. The van der Waals surface area contributed by atoms with Crippen molar-refractivity contribution in [3.05, 3.63) is 46.7 Å². The molecule has 3 heterocycles. The molecule has 140 valence electrons. The molecule has 1 aliphatic rings. The van der Waals surface area contributed by atoms with Gasteiger partial charge in [0.2, 0.25) is 5.95 Å². The molecule has 3 aromatic heterocycles. The molecule has 0 spiro atoms. The molecule has 1 amide bonds. The molecule has 27 heavy (non-hydrogen) atoms. The molecular weight excluding hydrogens is 362 g/mol. The number of hydrogen-bond donors (Lipinski definition) is 3. The van der Waals surface area contributed by atoms with Gasteiger partial charge in [-0.1, -0.05) is 6.07 Å². The molecule has 1 saturated carbocycles. The van der Waals surface area contributed by atoms with Crippen LogP contribution in [-0.4, -0.2) is 38.1 Å². The number of aliphatic hydroxyl groups is 1. The van der Waals surface area contributed by atoms with Gasteiger partial charge in [-0.2, -0.15) is 0 Å². The lowest BCUT2D eigenvalue weighted by Gasteiger charge is -2.31. The standard InChI is InChI=1S/C19H21N5O2S/c1-10-6-15-17(27-10)16(18(26)22-13-7-14(25)8-13)24-19(23-15)21-11(2)12-4-3-5-20-9-12/h3-6,9,11,13-14,25H,7-8H2,1-2H3,(H,22,26)(H,21,23,24)/t11-,13-,14+/m0/s1. The minimum atomic E-state index is -0.317. The Balaban J connectivity index is 1.62. The fourth-order valence-corrected chi connectivity index (χ4v) is 4.07. The van der Waals surface area contributed by atoms with Crippen molar-refractivity contribution in [2.45, 2.75) is 44.9 Å². The van der Waals surface area contributed by atoms with Crippen molar-refractivity contribution in [3.63, 3.8) is 0 Å². The van der Waals surface area contributed by atoms with Crippen LogP contribution in [0.2, 0.25) is 0 Å². The van der Waals surface area contributed by atoms with E-state index in [9.17, 15) is 9.90 Å². The fraction of sp³-hybridized carbons (Fsp3) is 0.368. The molecular formula is C19H21N5O2S. The van der Waals surface area contributed by atoms with Crippen molar-refractivity contribution in [1.29, 1.82) is 0 Å². The third-order valence-electron chi connectivity index (χ3n) is 4.69. The second-order valence-electron chi connectivity index (χ2n) is 6.92. The zero-order valence-corrected chi connectivity index (χ0v) is 16.0. The first-order valence-electron chi connectivity index (χ1n) is 8.93. The van der Waals surface area contributed by atoms with Crippen molar-refractivity contribution < 1.29 is 9.90 Å². The summed E-state index contributed by atoms with van der Waals surface area (Å²) in [4.78, 5) is 27.1. The number of nitrogens with one attached hydrogen (secondary N) is 2. The fourth-order valence-electron chi connectivity index (χ4n) is 3.14. The second-order valence-corrected chi connectivity index (χ2v) is 8.17. The number of pyridine rings is 1. The normalized spacial score (nSPS) is 20.1. The molecule has 0 bridgehead atoms. The van der Waals surface area contributed by atoms with Gasteiger partial charge in [0.1, 0.15) is 0 Å². The Morgan fingerprint density at radius 3 is 2.89 bits per heavy atom. The van der Waals surface area contributed by atoms with E-state index < -0.39 is 0 Å². The van der Waals surface area contributed by atoms with Gasteiger partial charge in [0.05, 0.1) is 22.4 Å². The van der Waals surface area contributed by atoms with E-state index in [1.54, 1.807) is 12.4 Å². The Kier molecular flexibility index (Phi) is 4.75. The molecule has 8 heteroatoms. The summed E-state index contributed by atoms with van der Waals surface area (Å²) in [5.74, 6) is 0.189. The van der Waals surface area contributed by atoms with Gasteiger partial charge >= 0.3 is 0 Å². The molecule has 4 rings (SSSR count). The van der Waals surface area contributed by atoms with Gasteiger partial charge in [-0.25, -0.2) is 9.97 Å². The number of nitrogens with zero attached hydrogens (tertiary/aromatic N) is 3. The van der Waals surface area contributed by atoms with E-state index in [1.165, 1.54) is 11.3 Å². The number of aromatic nitrogens is 3. The molecule has 3 aromatic rings. The minimum absolute atomic E-state index is 0.00398. The van der Waals surface area contributed by atoms with E-state index in [-0.39, 0.29) is 24.1 Å². The number of carbonyl (C=O) groups is 1. The summed E-state index contributed by atoms with van der Waals surface area (Å²) in [7, 11) is 0. The molecule has 7 nitrogen and oxygen atoms in total. The maximum atomic E-state index is 12.8. The van der Waals surface area contributed by atoms with Crippen molar-refractivity contribution in [3.8, 4) is 0 Å². The number of fused-ring (bicyclic) bond motifs is 1. The van der Waals surface area contributed by atoms with Gasteiger partial charge in [0.15, 0.2) is 5.69 Å². The molecule has 1 atom stereocenters. The van der Waals surface area contributed by atoms with Crippen LogP contribution in [0.15, 0.2) is 30.6 Å². The smallest absolute Gasteiger partial charge is 0.271 e. The Labute approximate surface area is 160 Å². The van der Waals surface area contributed by atoms with E-state index >= 15 is 0 Å². The Morgan fingerprint density at radius 1 is 1.37 bits per heavy atom. The van der Waals surface area contributed by atoms with Crippen LogP contribution in [0.1, 0.15) is 46.7 Å². The summed E-state index contributed by atoms with van der Waals surface area (Å²) < 4.78 is 0.782. The van der Waals surface area contributed by atoms with E-state index in [0.717, 1.165) is 20.7 Å². The quantitative estimate of drug-likeness (QED) is 0.626.